The second-order valence-corrected chi connectivity index (χ2v) is 8.12. The summed E-state index contributed by atoms with van der Waals surface area (Å²) in [6.07, 6.45) is 18.8. The minimum atomic E-state index is 0.843. The molecule has 0 N–H and O–H groups in total. The standard InChI is InChI=1S/C17H32Si/c18-13-17(14-7-1-2-8-14,15-9-3-4-10-15)16-11-5-6-12-16/h14-16H,1-13H2,18H3. The fourth-order valence-corrected chi connectivity index (χ4v) is 7.99. The second-order valence-electron chi connectivity index (χ2n) is 7.41. The molecule has 0 aromatic heterocycles. The smallest absolute Gasteiger partial charge is 0.00354 e. The first-order valence-corrected chi connectivity index (χ1v) is 10.3. The van der Waals surface area contributed by atoms with Crippen LogP contribution in [0.4, 0.5) is 0 Å². The summed E-state index contributed by atoms with van der Waals surface area (Å²) in [5.41, 5.74) is 0.843. The molecule has 3 fully saturated rings. The van der Waals surface area contributed by atoms with E-state index in [4.69, 9.17) is 0 Å². The molecule has 0 bridgehead atoms. The summed E-state index contributed by atoms with van der Waals surface area (Å²) in [6.45, 7) is 0. The molecule has 3 aliphatic rings. The highest BCUT2D eigenvalue weighted by molar-refractivity contribution is 6.09. The van der Waals surface area contributed by atoms with E-state index in [1.165, 1.54) is 10.2 Å². The largest absolute Gasteiger partial charge is 0.0595 e. The van der Waals surface area contributed by atoms with E-state index in [2.05, 4.69) is 0 Å². The summed E-state index contributed by atoms with van der Waals surface area (Å²) in [5.74, 6) is 3.42. The lowest BCUT2D eigenvalue weighted by Gasteiger charge is -2.49. The third-order valence-corrected chi connectivity index (χ3v) is 8.18. The molecule has 3 saturated carbocycles. The first-order valence-electron chi connectivity index (χ1n) is 8.88. The molecule has 0 radical (unpaired) electrons. The normalized spacial score (nSPS) is 28.7. The molecule has 0 aromatic carbocycles. The van der Waals surface area contributed by atoms with Crippen molar-refractivity contribution < 1.29 is 0 Å². The zero-order valence-electron chi connectivity index (χ0n) is 12.4. The van der Waals surface area contributed by atoms with E-state index in [1.54, 1.807) is 83.1 Å². The Morgan fingerprint density at radius 3 is 1.11 bits per heavy atom. The van der Waals surface area contributed by atoms with Crippen molar-refractivity contribution in [2.24, 2.45) is 23.2 Å². The predicted molar refractivity (Wildman–Crippen MR) is 83.1 cm³/mol. The molecule has 18 heavy (non-hydrogen) atoms. The molecule has 3 aliphatic carbocycles. The van der Waals surface area contributed by atoms with Crippen LogP contribution in [0.2, 0.25) is 6.04 Å². The number of rotatable bonds is 4. The summed E-state index contributed by atoms with van der Waals surface area (Å²) in [7, 11) is 1.45. The molecule has 0 aliphatic heterocycles. The van der Waals surface area contributed by atoms with Crippen molar-refractivity contribution in [3.05, 3.63) is 0 Å². The van der Waals surface area contributed by atoms with E-state index in [0.717, 1.165) is 23.2 Å². The van der Waals surface area contributed by atoms with Gasteiger partial charge in [-0.1, -0.05) is 44.6 Å². The summed E-state index contributed by atoms with van der Waals surface area (Å²) in [5, 5.41) is 0. The van der Waals surface area contributed by atoms with Crippen LogP contribution in [-0.4, -0.2) is 10.2 Å². The molecule has 0 unspecified atom stereocenters. The van der Waals surface area contributed by atoms with E-state index in [1.807, 2.05) is 0 Å². The Balaban J connectivity index is 1.87. The van der Waals surface area contributed by atoms with Crippen LogP contribution < -0.4 is 0 Å². The maximum absolute atomic E-state index is 1.63. The van der Waals surface area contributed by atoms with E-state index < -0.39 is 0 Å². The molecular formula is C17H32Si. The summed E-state index contributed by atoms with van der Waals surface area (Å²) >= 11 is 0. The van der Waals surface area contributed by atoms with Crippen molar-refractivity contribution in [1.29, 1.82) is 0 Å². The van der Waals surface area contributed by atoms with E-state index >= 15 is 0 Å². The lowest BCUT2D eigenvalue weighted by atomic mass is 9.58. The quantitative estimate of drug-likeness (QED) is 0.663. The highest BCUT2D eigenvalue weighted by Gasteiger charge is 2.50. The van der Waals surface area contributed by atoms with Gasteiger partial charge in [-0.3, -0.25) is 0 Å². The molecule has 1 heteroatoms. The maximum Gasteiger partial charge on any atom is 0.00354 e. The van der Waals surface area contributed by atoms with Crippen molar-refractivity contribution in [3.63, 3.8) is 0 Å². The summed E-state index contributed by atoms with van der Waals surface area (Å²) in [4.78, 5) is 0. The lowest BCUT2D eigenvalue weighted by molar-refractivity contribution is 0.0265. The summed E-state index contributed by atoms with van der Waals surface area (Å²) < 4.78 is 0. The molecule has 0 saturated heterocycles. The van der Waals surface area contributed by atoms with Gasteiger partial charge < -0.3 is 0 Å². The predicted octanol–water partition coefficient (Wildman–Crippen LogP) is 4.33. The Labute approximate surface area is 117 Å². The Morgan fingerprint density at radius 2 is 0.889 bits per heavy atom. The van der Waals surface area contributed by atoms with Crippen molar-refractivity contribution in [1.82, 2.24) is 0 Å². The van der Waals surface area contributed by atoms with Crippen LogP contribution in [0, 0.1) is 23.2 Å². The van der Waals surface area contributed by atoms with Gasteiger partial charge in [-0.15, -0.1) is 0 Å². The highest BCUT2D eigenvalue weighted by Crippen LogP contribution is 2.59. The minimum Gasteiger partial charge on any atom is -0.0595 e. The Kier molecular flexibility index (Phi) is 4.17. The van der Waals surface area contributed by atoms with Gasteiger partial charge in [0.2, 0.25) is 0 Å². The molecule has 0 atom stereocenters. The van der Waals surface area contributed by atoms with Crippen molar-refractivity contribution in [3.8, 4) is 0 Å². The van der Waals surface area contributed by atoms with E-state index in [0.29, 0.717) is 0 Å². The van der Waals surface area contributed by atoms with Crippen molar-refractivity contribution >= 4 is 10.2 Å². The Hall–Kier alpha value is 0.217. The van der Waals surface area contributed by atoms with Crippen LogP contribution in [0.5, 0.6) is 0 Å². The van der Waals surface area contributed by atoms with Gasteiger partial charge in [0.25, 0.3) is 0 Å². The minimum absolute atomic E-state index is 0.843. The van der Waals surface area contributed by atoms with Crippen LogP contribution in [0.1, 0.15) is 77.0 Å². The van der Waals surface area contributed by atoms with E-state index in [9.17, 15) is 0 Å². The molecule has 0 nitrogen and oxygen atoms in total. The Bertz CT molecular complexity index is 214. The first kappa shape index (κ1) is 13.2. The number of hydrogen-bond acceptors (Lipinski definition) is 0. The van der Waals surface area contributed by atoms with Gasteiger partial charge in [0.15, 0.2) is 0 Å². The third-order valence-electron chi connectivity index (χ3n) is 6.96. The molecule has 0 amide bonds. The topological polar surface area (TPSA) is 0 Å². The zero-order chi connectivity index (χ0) is 12.4. The van der Waals surface area contributed by atoms with Crippen LogP contribution in [0.25, 0.3) is 0 Å². The lowest BCUT2D eigenvalue weighted by Crippen LogP contribution is -2.41. The van der Waals surface area contributed by atoms with Crippen LogP contribution >= 0.6 is 0 Å². The van der Waals surface area contributed by atoms with Gasteiger partial charge in [-0.2, -0.15) is 0 Å². The Morgan fingerprint density at radius 1 is 0.611 bits per heavy atom. The van der Waals surface area contributed by atoms with Gasteiger partial charge in [-0.05, 0) is 61.7 Å². The first-order chi connectivity index (χ1) is 8.88. The average Bonchev–Trinajstić information content (AvgIpc) is 3.16. The number of hydrogen-bond donors (Lipinski definition) is 0. The van der Waals surface area contributed by atoms with Crippen LogP contribution in [-0.2, 0) is 0 Å². The second kappa shape index (κ2) is 5.69. The molecule has 0 aromatic rings. The van der Waals surface area contributed by atoms with Crippen molar-refractivity contribution in [2.45, 2.75) is 83.1 Å². The average molecular weight is 265 g/mol. The monoisotopic (exact) mass is 264 g/mol. The fourth-order valence-electron chi connectivity index (χ4n) is 6.26. The molecule has 3 rings (SSSR count). The van der Waals surface area contributed by atoms with Gasteiger partial charge in [0.05, 0.1) is 0 Å². The van der Waals surface area contributed by atoms with Crippen LogP contribution in [0.3, 0.4) is 0 Å². The molecule has 0 heterocycles. The molecular weight excluding hydrogens is 232 g/mol. The van der Waals surface area contributed by atoms with Gasteiger partial charge >= 0.3 is 0 Å². The molecule has 0 spiro atoms. The van der Waals surface area contributed by atoms with Gasteiger partial charge in [-0.25, -0.2) is 0 Å². The van der Waals surface area contributed by atoms with Gasteiger partial charge in [0.1, 0.15) is 0 Å². The molecule has 104 valence electrons. The third kappa shape index (κ3) is 2.11. The summed E-state index contributed by atoms with van der Waals surface area (Å²) in [6, 6.07) is 1.63. The van der Waals surface area contributed by atoms with E-state index in [-0.39, 0.29) is 0 Å². The van der Waals surface area contributed by atoms with Crippen molar-refractivity contribution in [2.75, 3.05) is 0 Å². The van der Waals surface area contributed by atoms with Gasteiger partial charge in [0, 0.05) is 10.2 Å². The SMILES string of the molecule is [SiH3]CC(C1CCCC1)(C1CCCC1)C1CCCC1. The highest BCUT2D eigenvalue weighted by atomic mass is 28.1. The maximum atomic E-state index is 1.63. The zero-order valence-corrected chi connectivity index (χ0v) is 14.4. The fraction of sp³-hybridized carbons (Fsp3) is 1.00. The van der Waals surface area contributed by atoms with Crippen LogP contribution in [0.15, 0.2) is 0 Å².